The average Bonchev–Trinajstić information content (AvgIpc) is 3.72. The number of benzene rings is 3. The smallest absolute Gasteiger partial charge is 0.303 e. The van der Waals surface area contributed by atoms with Crippen molar-refractivity contribution in [1.29, 1.82) is 0 Å². The molecule has 1 atom stereocenters. The zero-order valence-corrected chi connectivity index (χ0v) is 22.3. The number of hydrogen-bond donors (Lipinski definition) is 1. The number of epoxide rings is 1. The van der Waals surface area contributed by atoms with Gasteiger partial charge in [-0.2, -0.15) is 0 Å². The molecule has 7 nitrogen and oxygen atoms in total. The number of hydrogen-bond acceptors (Lipinski definition) is 6. The number of ether oxygens (including phenoxy) is 2. The second-order valence-corrected chi connectivity index (χ2v) is 10.7. The normalized spacial score (nSPS) is 19.2. The molecule has 200 valence electrons. The van der Waals surface area contributed by atoms with Gasteiger partial charge in [0.25, 0.3) is 0 Å². The molecule has 2 fully saturated rings. The van der Waals surface area contributed by atoms with Gasteiger partial charge in [0, 0.05) is 35.7 Å². The lowest BCUT2D eigenvalue weighted by atomic mass is 9.99. The average molecular weight is 544 g/mol. The Bertz CT molecular complexity index is 1470. The second kappa shape index (κ2) is 11.0. The van der Waals surface area contributed by atoms with Gasteiger partial charge in [0.05, 0.1) is 41.7 Å². The molecule has 2 aliphatic heterocycles. The molecular weight excluding hydrogens is 514 g/mol. The van der Waals surface area contributed by atoms with Crippen LogP contribution in [-0.2, 0) is 33.0 Å². The zero-order valence-electron chi connectivity index (χ0n) is 21.6. The molecule has 6 rings (SSSR count). The summed E-state index contributed by atoms with van der Waals surface area (Å²) >= 11 is 6.11. The van der Waals surface area contributed by atoms with Crippen molar-refractivity contribution in [2.45, 2.75) is 44.1 Å². The Kier molecular flexibility index (Phi) is 7.32. The minimum absolute atomic E-state index is 0.146. The third-order valence-corrected chi connectivity index (χ3v) is 7.72. The van der Waals surface area contributed by atoms with Gasteiger partial charge in [-0.3, -0.25) is 9.69 Å². The number of halogens is 1. The van der Waals surface area contributed by atoms with Gasteiger partial charge in [0.1, 0.15) is 0 Å². The first kappa shape index (κ1) is 25.9. The highest BCUT2D eigenvalue weighted by atomic mass is 35.5. The van der Waals surface area contributed by atoms with Crippen molar-refractivity contribution < 1.29 is 19.4 Å². The number of likely N-dealkylation sites (tertiary alicyclic amines) is 1. The van der Waals surface area contributed by atoms with Crippen molar-refractivity contribution in [1.82, 2.24) is 14.9 Å². The fourth-order valence-corrected chi connectivity index (χ4v) is 5.27. The Balaban J connectivity index is 1.21. The van der Waals surface area contributed by atoms with Crippen molar-refractivity contribution in [3.8, 4) is 11.3 Å². The maximum Gasteiger partial charge on any atom is 0.303 e. The van der Waals surface area contributed by atoms with Crippen LogP contribution < -0.4 is 0 Å². The van der Waals surface area contributed by atoms with Gasteiger partial charge in [-0.1, -0.05) is 60.1 Å². The van der Waals surface area contributed by atoms with Crippen LogP contribution >= 0.6 is 11.6 Å². The van der Waals surface area contributed by atoms with Crippen LogP contribution in [0.2, 0.25) is 5.02 Å². The van der Waals surface area contributed by atoms with E-state index in [2.05, 4.69) is 29.2 Å². The maximum atomic E-state index is 11.0. The molecule has 2 saturated heterocycles. The van der Waals surface area contributed by atoms with Crippen LogP contribution in [0.15, 0.2) is 72.8 Å². The summed E-state index contributed by atoms with van der Waals surface area (Å²) in [5.74, 6) is -0.782. The van der Waals surface area contributed by atoms with Crippen molar-refractivity contribution in [3.63, 3.8) is 0 Å². The van der Waals surface area contributed by atoms with Gasteiger partial charge >= 0.3 is 5.97 Å². The predicted molar refractivity (Wildman–Crippen MR) is 149 cm³/mol. The third kappa shape index (κ3) is 5.68. The summed E-state index contributed by atoms with van der Waals surface area (Å²) in [4.78, 5) is 23.3. The number of aryl methyl sites for hydroxylation is 1. The van der Waals surface area contributed by atoms with Gasteiger partial charge in [-0.05, 0) is 49.1 Å². The van der Waals surface area contributed by atoms with Gasteiger partial charge in [-0.25, -0.2) is 9.97 Å². The number of carboxylic acid groups (broad SMARTS) is 1. The molecule has 3 aromatic carbocycles. The minimum Gasteiger partial charge on any atom is -0.481 e. The highest BCUT2D eigenvalue weighted by Crippen LogP contribution is 2.45. The van der Waals surface area contributed by atoms with E-state index in [0.29, 0.717) is 31.1 Å². The molecule has 0 radical (unpaired) electrons. The number of aromatic nitrogens is 2. The van der Waals surface area contributed by atoms with Crippen LogP contribution in [0.1, 0.15) is 36.1 Å². The quantitative estimate of drug-likeness (QED) is 0.188. The first-order valence-corrected chi connectivity index (χ1v) is 13.7. The van der Waals surface area contributed by atoms with E-state index >= 15 is 0 Å². The monoisotopic (exact) mass is 543 g/mol. The largest absolute Gasteiger partial charge is 0.481 e. The molecule has 0 bridgehead atoms. The summed E-state index contributed by atoms with van der Waals surface area (Å²) in [5.41, 5.74) is 6.04. The van der Waals surface area contributed by atoms with Gasteiger partial charge in [0.15, 0.2) is 5.72 Å². The van der Waals surface area contributed by atoms with Gasteiger partial charge in [-0.15, -0.1) is 0 Å². The fourth-order valence-electron chi connectivity index (χ4n) is 5.14. The zero-order chi connectivity index (χ0) is 26.8. The van der Waals surface area contributed by atoms with Crippen molar-refractivity contribution in [2.24, 2.45) is 0 Å². The molecular formula is C31H30ClN3O4. The fraction of sp³-hybridized carbons (Fsp3) is 0.323. The summed E-state index contributed by atoms with van der Waals surface area (Å²) in [5, 5.41) is 9.69. The number of rotatable bonds is 11. The van der Waals surface area contributed by atoms with Crippen LogP contribution in [0, 0.1) is 0 Å². The minimum atomic E-state index is -0.782. The molecule has 3 heterocycles. The lowest BCUT2D eigenvalue weighted by molar-refractivity contribution is -0.137. The summed E-state index contributed by atoms with van der Waals surface area (Å²) in [6.07, 6.45) is 2.29. The molecule has 0 aliphatic carbocycles. The molecule has 1 aromatic heterocycles. The molecule has 0 saturated carbocycles. The van der Waals surface area contributed by atoms with Crippen LogP contribution in [0.3, 0.4) is 0 Å². The highest BCUT2D eigenvalue weighted by Gasteiger charge is 2.56. The van der Waals surface area contributed by atoms with E-state index in [1.807, 2.05) is 48.5 Å². The standard InChI is InChI=1S/C31H30ClN3O4/c32-24-13-10-22(11-14-24)30-27(8-4-5-9-29(36)37)33-28-16-23(12-15-26(28)34-30)31(20-39-31)35-17-25(18-35)38-19-21-6-2-1-3-7-21/h1-3,6-7,10-16,25H,4-5,8-9,17-20H2,(H,36,37). The molecule has 1 N–H and O–H groups in total. The molecule has 4 aromatic rings. The Hall–Kier alpha value is -3.36. The summed E-state index contributed by atoms with van der Waals surface area (Å²) in [6, 6.07) is 24.0. The highest BCUT2D eigenvalue weighted by molar-refractivity contribution is 6.30. The number of carboxylic acids is 1. The molecule has 0 amide bonds. The number of unbranched alkanes of at least 4 members (excludes halogenated alkanes) is 1. The van der Waals surface area contributed by atoms with E-state index in [1.165, 1.54) is 5.56 Å². The Morgan fingerprint density at radius 3 is 2.51 bits per heavy atom. The van der Waals surface area contributed by atoms with Crippen molar-refractivity contribution in [2.75, 3.05) is 19.7 Å². The van der Waals surface area contributed by atoms with E-state index in [-0.39, 0.29) is 12.5 Å². The van der Waals surface area contributed by atoms with Crippen LogP contribution in [-0.4, -0.2) is 51.7 Å². The summed E-state index contributed by atoms with van der Waals surface area (Å²) < 4.78 is 12.1. The molecule has 2 aliphatic rings. The molecule has 0 spiro atoms. The maximum absolute atomic E-state index is 11.0. The Morgan fingerprint density at radius 2 is 1.79 bits per heavy atom. The summed E-state index contributed by atoms with van der Waals surface area (Å²) in [6.45, 7) is 2.90. The molecule has 39 heavy (non-hydrogen) atoms. The van der Waals surface area contributed by atoms with Gasteiger partial charge in [0.2, 0.25) is 0 Å². The lowest BCUT2D eigenvalue weighted by Gasteiger charge is -2.42. The van der Waals surface area contributed by atoms with E-state index < -0.39 is 11.7 Å². The third-order valence-electron chi connectivity index (χ3n) is 7.46. The lowest BCUT2D eigenvalue weighted by Crippen LogP contribution is -2.57. The first-order chi connectivity index (χ1) is 19.0. The number of carbonyl (C=O) groups is 1. The van der Waals surface area contributed by atoms with Crippen LogP contribution in [0.5, 0.6) is 0 Å². The molecule has 1 unspecified atom stereocenters. The van der Waals surface area contributed by atoms with Crippen molar-refractivity contribution >= 4 is 28.6 Å². The number of nitrogens with zero attached hydrogens (tertiary/aromatic N) is 3. The Morgan fingerprint density at radius 1 is 1.03 bits per heavy atom. The van der Waals surface area contributed by atoms with Crippen molar-refractivity contribution in [3.05, 3.63) is 94.6 Å². The van der Waals surface area contributed by atoms with Crippen LogP contribution in [0.25, 0.3) is 22.3 Å². The topological polar surface area (TPSA) is 88.1 Å². The molecule has 8 heteroatoms. The number of fused-ring (bicyclic) bond motifs is 1. The van der Waals surface area contributed by atoms with E-state index in [1.54, 1.807) is 0 Å². The van der Waals surface area contributed by atoms with E-state index in [9.17, 15) is 4.79 Å². The van der Waals surface area contributed by atoms with Gasteiger partial charge < -0.3 is 14.6 Å². The Labute approximate surface area is 232 Å². The van der Waals surface area contributed by atoms with Crippen LogP contribution in [0.4, 0.5) is 0 Å². The number of aliphatic carboxylic acids is 1. The SMILES string of the molecule is O=C(O)CCCCc1nc2cc(C3(N4CC(OCc5ccccc5)C4)CO3)ccc2nc1-c1ccc(Cl)cc1. The predicted octanol–water partition coefficient (Wildman–Crippen LogP) is 5.83. The second-order valence-electron chi connectivity index (χ2n) is 10.2. The van der Waals surface area contributed by atoms with E-state index in [0.717, 1.165) is 53.1 Å². The first-order valence-electron chi connectivity index (χ1n) is 13.3. The van der Waals surface area contributed by atoms with E-state index in [4.69, 9.17) is 36.1 Å². The summed E-state index contributed by atoms with van der Waals surface area (Å²) in [7, 11) is 0.